The number of hydrogen-bond acceptors (Lipinski definition) is 4. The van der Waals surface area contributed by atoms with Crippen molar-refractivity contribution in [3.63, 3.8) is 0 Å². The van der Waals surface area contributed by atoms with Crippen LogP contribution in [0.25, 0.3) is 0 Å². The molecule has 1 amide bonds. The van der Waals surface area contributed by atoms with Gasteiger partial charge in [0.2, 0.25) is 5.91 Å². The number of pyridine rings is 1. The Labute approximate surface area is 128 Å². The van der Waals surface area contributed by atoms with Crippen LogP contribution in [0.4, 0.5) is 11.4 Å². The lowest BCUT2D eigenvalue weighted by molar-refractivity contribution is -0.116. The minimum Gasteiger partial charge on any atom is -0.398 e. The number of carbonyl (C=O) groups is 1. The molecule has 0 fully saturated rings. The average Bonchev–Trinajstić information content (AvgIpc) is 2.38. The fourth-order valence-electron chi connectivity index (χ4n) is 2.48. The summed E-state index contributed by atoms with van der Waals surface area (Å²) in [5.74, 6) is 0.0540. The zero-order valence-corrected chi connectivity index (χ0v) is 12.9. The maximum atomic E-state index is 11.4. The zero-order chi connectivity index (χ0) is 15.0. The van der Waals surface area contributed by atoms with E-state index in [2.05, 4.69) is 35.4 Å². The van der Waals surface area contributed by atoms with Gasteiger partial charge >= 0.3 is 0 Å². The number of nitrogens with zero attached hydrogens (tertiary/aromatic N) is 1. The molecule has 0 bridgehead atoms. The highest BCUT2D eigenvalue weighted by molar-refractivity contribution is 7.99. The number of aryl methyl sites for hydroxylation is 3. The number of nitrogens with two attached hydrogens (primary N) is 1. The van der Waals surface area contributed by atoms with Crippen molar-refractivity contribution in [2.75, 3.05) is 11.1 Å². The second-order valence-electron chi connectivity index (χ2n) is 5.32. The highest BCUT2D eigenvalue weighted by Crippen LogP contribution is 2.36. The first-order valence-corrected chi connectivity index (χ1v) is 7.68. The number of nitrogens with one attached hydrogen (secondary N) is 1. The van der Waals surface area contributed by atoms with Gasteiger partial charge < -0.3 is 11.1 Å². The molecule has 2 aromatic rings. The van der Waals surface area contributed by atoms with Crippen LogP contribution in [0.15, 0.2) is 34.2 Å². The molecule has 0 atom stereocenters. The Morgan fingerprint density at radius 3 is 2.76 bits per heavy atom. The van der Waals surface area contributed by atoms with Gasteiger partial charge in [0.05, 0.1) is 0 Å². The second-order valence-corrected chi connectivity index (χ2v) is 6.38. The minimum absolute atomic E-state index is 0.0540. The van der Waals surface area contributed by atoms with Crippen molar-refractivity contribution in [3.05, 3.63) is 41.1 Å². The van der Waals surface area contributed by atoms with Gasteiger partial charge in [-0.05, 0) is 55.7 Å². The molecule has 1 aromatic carbocycles. The predicted molar refractivity (Wildman–Crippen MR) is 85.6 cm³/mol. The predicted octanol–water partition coefficient (Wildman–Crippen LogP) is 3.32. The van der Waals surface area contributed by atoms with Crippen molar-refractivity contribution in [1.82, 2.24) is 4.98 Å². The lowest BCUT2D eigenvalue weighted by atomic mass is 10.0. The molecular weight excluding hydrogens is 282 g/mol. The molecule has 5 heteroatoms. The Bertz CT molecular complexity index is 707. The molecule has 2 heterocycles. The Morgan fingerprint density at radius 1 is 1.19 bits per heavy atom. The van der Waals surface area contributed by atoms with E-state index in [0.29, 0.717) is 12.1 Å². The Balaban J connectivity index is 1.94. The van der Waals surface area contributed by atoms with E-state index < -0.39 is 0 Å². The number of hydrogen-bond donors (Lipinski definition) is 2. The van der Waals surface area contributed by atoms with Crippen LogP contribution in [0.5, 0.6) is 0 Å². The van der Waals surface area contributed by atoms with E-state index in [-0.39, 0.29) is 5.91 Å². The second kappa shape index (κ2) is 5.41. The summed E-state index contributed by atoms with van der Waals surface area (Å²) < 4.78 is 0. The number of benzene rings is 1. The maximum Gasteiger partial charge on any atom is 0.224 e. The summed E-state index contributed by atoms with van der Waals surface area (Å²) in [5.41, 5.74) is 10.9. The molecule has 0 radical (unpaired) electrons. The summed E-state index contributed by atoms with van der Waals surface area (Å²) in [6, 6.07) is 8.01. The van der Waals surface area contributed by atoms with Gasteiger partial charge in [-0.3, -0.25) is 4.79 Å². The first-order valence-electron chi connectivity index (χ1n) is 6.86. The Kier molecular flexibility index (Phi) is 3.59. The summed E-state index contributed by atoms with van der Waals surface area (Å²) in [4.78, 5) is 16.9. The van der Waals surface area contributed by atoms with Crippen molar-refractivity contribution < 1.29 is 4.79 Å². The van der Waals surface area contributed by atoms with Crippen LogP contribution in [0.2, 0.25) is 0 Å². The standard InChI is InChI=1S/C16H17N3OS/c1-9-5-10(2)18-16(6-9)21-14-7-11-3-4-15(20)19-13(11)8-12(14)17/h5-8H,3-4,17H2,1-2H3,(H,19,20). The number of aromatic nitrogens is 1. The van der Waals surface area contributed by atoms with Crippen LogP contribution < -0.4 is 11.1 Å². The van der Waals surface area contributed by atoms with Gasteiger partial charge in [0.15, 0.2) is 0 Å². The van der Waals surface area contributed by atoms with Gasteiger partial charge in [-0.25, -0.2) is 4.98 Å². The fraction of sp³-hybridized carbons (Fsp3) is 0.250. The minimum atomic E-state index is 0.0540. The molecule has 1 aliphatic heterocycles. The van der Waals surface area contributed by atoms with Crippen LogP contribution in [0, 0.1) is 13.8 Å². The van der Waals surface area contributed by atoms with E-state index in [4.69, 9.17) is 5.73 Å². The smallest absolute Gasteiger partial charge is 0.224 e. The van der Waals surface area contributed by atoms with Crippen molar-refractivity contribution >= 4 is 29.0 Å². The van der Waals surface area contributed by atoms with Crippen molar-refractivity contribution in [2.24, 2.45) is 0 Å². The number of rotatable bonds is 2. The number of fused-ring (bicyclic) bond motifs is 1. The highest BCUT2D eigenvalue weighted by atomic mass is 32.2. The summed E-state index contributed by atoms with van der Waals surface area (Å²) in [5, 5.41) is 3.81. The van der Waals surface area contributed by atoms with Gasteiger partial charge in [-0.15, -0.1) is 0 Å². The van der Waals surface area contributed by atoms with Gasteiger partial charge in [0.25, 0.3) is 0 Å². The quantitative estimate of drug-likeness (QED) is 0.835. The molecule has 0 unspecified atom stereocenters. The molecule has 4 nitrogen and oxygen atoms in total. The SMILES string of the molecule is Cc1cc(C)nc(Sc2cc3c(cc2N)NC(=O)CC3)c1. The van der Waals surface area contributed by atoms with E-state index in [1.54, 1.807) is 11.8 Å². The normalized spacial score (nSPS) is 13.7. The first-order chi connectivity index (χ1) is 10.0. The van der Waals surface area contributed by atoms with Crippen molar-refractivity contribution in [2.45, 2.75) is 36.6 Å². The van der Waals surface area contributed by atoms with Crippen LogP contribution >= 0.6 is 11.8 Å². The van der Waals surface area contributed by atoms with Crippen LogP contribution in [-0.2, 0) is 11.2 Å². The number of carbonyl (C=O) groups excluding carboxylic acids is 1. The van der Waals surface area contributed by atoms with Gasteiger partial charge in [0.1, 0.15) is 5.03 Å². The van der Waals surface area contributed by atoms with Gasteiger partial charge in [-0.2, -0.15) is 0 Å². The summed E-state index contributed by atoms with van der Waals surface area (Å²) in [6.45, 7) is 4.05. The van der Waals surface area contributed by atoms with Gasteiger partial charge in [-0.1, -0.05) is 11.8 Å². The molecule has 1 aromatic heterocycles. The third kappa shape index (κ3) is 3.03. The molecule has 0 aliphatic carbocycles. The molecule has 108 valence electrons. The third-order valence-electron chi connectivity index (χ3n) is 3.42. The first kappa shape index (κ1) is 13.9. The lowest BCUT2D eigenvalue weighted by Gasteiger charge is -2.19. The highest BCUT2D eigenvalue weighted by Gasteiger charge is 2.17. The van der Waals surface area contributed by atoms with E-state index in [1.165, 1.54) is 5.56 Å². The average molecular weight is 299 g/mol. The molecule has 0 spiro atoms. The largest absolute Gasteiger partial charge is 0.398 e. The monoisotopic (exact) mass is 299 g/mol. The topological polar surface area (TPSA) is 68.0 Å². The van der Waals surface area contributed by atoms with E-state index in [9.17, 15) is 4.79 Å². The van der Waals surface area contributed by atoms with E-state index in [0.717, 1.165) is 33.3 Å². The number of anilines is 2. The molecule has 1 aliphatic rings. The zero-order valence-electron chi connectivity index (χ0n) is 12.1. The van der Waals surface area contributed by atoms with Crippen LogP contribution in [0.3, 0.4) is 0 Å². The van der Waals surface area contributed by atoms with Crippen LogP contribution in [-0.4, -0.2) is 10.9 Å². The summed E-state index contributed by atoms with van der Waals surface area (Å²) >= 11 is 1.57. The molecule has 0 saturated heterocycles. The number of amides is 1. The Hall–Kier alpha value is -2.01. The van der Waals surface area contributed by atoms with E-state index >= 15 is 0 Å². The molecule has 21 heavy (non-hydrogen) atoms. The summed E-state index contributed by atoms with van der Waals surface area (Å²) in [7, 11) is 0. The van der Waals surface area contributed by atoms with Gasteiger partial charge in [0, 0.05) is 28.4 Å². The maximum absolute atomic E-state index is 11.4. The van der Waals surface area contributed by atoms with Crippen molar-refractivity contribution in [3.8, 4) is 0 Å². The number of nitrogen functional groups attached to an aromatic ring is 1. The lowest BCUT2D eigenvalue weighted by Crippen LogP contribution is -2.19. The molecule has 3 rings (SSSR count). The fourth-order valence-corrected chi connectivity index (χ4v) is 3.52. The Morgan fingerprint density at radius 2 is 2.00 bits per heavy atom. The van der Waals surface area contributed by atoms with Crippen molar-refractivity contribution in [1.29, 1.82) is 0 Å². The molecular formula is C16H17N3OS. The molecule has 0 saturated carbocycles. The van der Waals surface area contributed by atoms with E-state index in [1.807, 2.05) is 13.0 Å². The molecule has 3 N–H and O–H groups in total. The third-order valence-corrected chi connectivity index (χ3v) is 4.41. The summed E-state index contributed by atoms with van der Waals surface area (Å²) in [6.07, 6.45) is 1.29. The van der Waals surface area contributed by atoms with Crippen LogP contribution in [0.1, 0.15) is 23.2 Å².